The van der Waals surface area contributed by atoms with E-state index in [4.69, 9.17) is 0 Å². The summed E-state index contributed by atoms with van der Waals surface area (Å²) in [6.07, 6.45) is -4.53. The second-order valence-electron chi connectivity index (χ2n) is 6.81. The van der Waals surface area contributed by atoms with Crippen LogP contribution in [0.15, 0.2) is 42.5 Å². The Morgan fingerprint density at radius 3 is 2.48 bits per heavy atom. The summed E-state index contributed by atoms with van der Waals surface area (Å²) in [6, 6.07) is 11.1. The summed E-state index contributed by atoms with van der Waals surface area (Å²) >= 11 is 0. The van der Waals surface area contributed by atoms with Crippen molar-refractivity contribution in [3.63, 3.8) is 0 Å². The number of aliphatic hydroxyl groups excluding tert-OH is 1. The highest BCUT2D eigenvalue weighted by atomic mass is 19.4. The third kappa shape index (κ3) is 7.11. The minimum Gasteiger partial charge on any atom is -0.406 e. The first kappa shape index (κ1) is 21.1. The van der Waals surface area contributed by atoms with Crippen LogP contribution in [0.25, 0.3) is 0 Å². The molecule has 4 nitrogen and oxygen atoms in total. The molecule has 1 atom stereocenters. The quantitative estimate of drug-likeness (QED) is 0.545. The fourth-order valence-corrected chi connectivity index (χ4v) is 2.55. The van der Waals surface area contributed by atoms with E-state index in [1.54, 1.807) is 18.2 Å². The zero-order valence-corrected chi connectivity index (χ0v) is 15.6. The number of hydrogen-bond donors (Lipinski definition) is 3. The van der Waals surface area contributed by atoms with Crippen LogP contribution in [-0.4, -0.2) is 18.0 Å². The van der Waals surface area contributed by atoms with E-state index in [0.29, 0.717) is 18.2 Å². The number of ether oxygens (including phenoxy) is 1. The molecule has 0 aromatic heterocycles. The lowest BCUT2D eigenvalue weighted by molar-refractivity contribution is -0.274. The lowest BCUT2D eigenvalue weighted by Gasteiger charge is -2.17. The van der Waals surface area contributed by atoms with E-state index >= 15 is 0 Å². The Bertz CT molecular complexity index is 748. The summed E-state index contributed by atoms with van der Waals surface area (Å²) in [5, 5.41) is 16.4. The van der Waals surface area contributed by atoms with Gasteiger partial charge in [0.25, 0.3) is 0 Å². The van der Waals surface area contributed by atoms with Crippen LogP contribution in [0.5, 0.6) is 5.75 Å². The van der Waals surface area contributed by atoms with Crippen LogP contribution in [0.2, 0.25) is 0 Å². The van der Waals surface area contributed by atoms with Gasteiger partial charge in [-0.15, -0.1) is 13.2 Å². The van der Waals surface area contributed by atoms with Gasteiger partial charge in [-0.25, -0.2) is 0 Å². The molecule has 0 spiro atoms. The van der Waals surface area contributed by atoms with Crippen molar-refractivity contribution in [2.24, 2.45) is 5.92 Å². The Morgan fingerprint density at radius 2 is 1.85 bits per heavy atom. The van der Waals surface area contributed by atoms with Gasteiger partial charge < -0.3 is 15.2 Å². The van der Waals surface area contributed by atoms with Crippen LogP contribution in [0, 0.1) is 12.8 Å². The predicted octanol–water partition coefficient (Wildman–Crippen LogP) is 5.26. The molecule has 2 aromatic rings. The zero-order valence-electron chi connectivity index (χ0n) is 15.6. The van der Waals surface area contributed by atoms with Gasteiger partial charge in [0, 0.05) is 17.4 Å². The summed E-state index contributed by atoms with van der Waals surface area (Å²) in [5.41, 5.74) is 2.80. The van der Waals surface area contributed by atoms with Crippen molar-refractivity contribution in [2.45, 2.75) is 39.8 Å². The first-order chi connectivity index (χ1) is 12.6. The van der Waals surface area contributed by atoms with E-state index in [-0.39, 0.29) is 5.75 Å². The number of alkyl halides is 3. The predicted molar refractivity (Wildman–Crippen MR) is 100 cm³/mol. The molecule has 0 fully saturated rings. The molecule has 0 radical (unpaired) electrons. The van der Waals surface area contributed by atoms with Crippen molar-refractivity contribution in [1.82, 2.24) is 5.32 Å². The van der Waals surface area contributed by atoms with Crippen LogP contribution < -0.4 is 15.4 Å². The van der Waals surface area contributed by atoms with Crippen molar-refractivity contribution in [3.8, 4) is 5.75 Å². The number of nitrogens with one attached hydrogen (secondary N) is 2. The fraction of sp³-hybridized carbons (Fsp3) is 0.400. The maximum atomic E-state index is 12.3. The van der Waals surface area contributed by atoms with Crippen LogP contribution in [0.1, 0.15) is 37.6 Å². The highest BCUT2D eigenvalue weighted by Crippen LogP contribution is 2.28. The SMILES string of the molecule is Cc1cc(C(O)NCCC(C)C)ccc1Nc1cccc(OC(F)(F)F)c1. The molecule has 0 aliphatic carbocycles. The van der Waals surface area contributed by atoms with Crippen molar-refractivity contribution >= 4 is 11.4 Å². The van der Waals surface area contributed by atoms with Gasteiger partial charge in [0.05, 0.1) is 0 Å². The fourth-order valence-electron chi connectivity index (χ4n) is 2.55. The minimum atomic E-state index is -4.73. The lowest BCUT2D eigenvalue weighted by Crippen LogP contribution is -2.23. The second-order valence-corrected chi connectivity index (χ2v) is 6.81. The van der Waals surface area contributed by atoms with Crippen molar-refractivity contribution in [2.75, 3.05) is 11.9 Å². The van der Waals surface area contributed by atoms with Crippen LogP contribution in [0.3, 0.4) is 0 Å². The number of halogens is 3. The molecule has 27 heavy (non-hydrogen) atoms. The molecule has 0 amide bonds. The minimum absolute atomic E-state index is 0.286. The molecule has 0 aliphatic heterocycles. The molecule has 2 aromatic carbocycles. The molecular weight excluding hydrogens is 357 g/mol. The number of aliphatic hydroxyl groups is 1. The molecule has 0 saturated heterocycles. The van der Waals surface area contributed by atoms with Gasteiger partial charge in [-0.2, -0.15) is 0 Å². The average molecular weight is 382 g/mol. The Hall–Kier alpha value is -2.25. The van der Waals surface area contributed by atoms with Gasteiger partial charge in [-0.05, 0) is 55.1 Å². The molecule has 3 N–H and O–H groups in total. The maximum Gasteiger partial charge on any atom is 0.573 e. The van der Waals surface area contributed by atoms with E-state index in [1.165, 1.54) is 18.2 Å². The monoisotopic (exact) mass is 382 g/mol. The summed E-state index contributed by atoms with van der Waals surface area (Å²) in [4.78, 5) is 0. The molecule has 2 rings (SSSR count). The Balaban J connectivity index is 2.04. The van der Waals surface area contributed by atoms with E-state index in [1.807, 2.05) is 13.0 Å². The van der Waals surface area contributed by atoms with Gasteiger partial charge in [-0.3, -0.25) is 5.32 Å². The maximum absolute atomic E-state index is 12.3. The average Bonchev–Trinajstić information content (AvgIpc) is 2.55. The number of rotatable bonds is 8. The normalized spacial score (nSPS) is 12.9. The molecule has 1 unspecified atom stereocenters. The van der Waals surface area contributed by atoms with Gasteiger partial charge in [0.2, 0.25) is 0 Å². The van der Waals surface area contributed by atoms with Gasteiger partial charge >= 0.3 is 6.36 Å². The third-order valence-corrected chi connectivity index (χ3v) is 3.97. The van der Waals surface area contributed by atoms with Crippen LogP contribution in [-0.2, 0) is 0 Å². The van der Waals surface area contributed by atoms with Gasteiger partial charge in [-0.1, -0.05) is 32.0 Å². The Morgan fingerprint density at radius 1 is 1.11 bits per heavy atom. The highest BCUT2D eigenvalue weighted by molar-refractivity contribution is 5.64. The summed E-state index contributed by atoms with van der Waals surface area (Å²) in [5.74, 6) is 0.265. The molecule has 0 heterocycles. The molecule has 0 saturated carbocycles. The molecule has 148 valence electrons. The molecular formula is C20H25F3N2O2. The topological polar surface area (TPSA) is 53.5 Å². The summed E-state index contributed by atoms with van der Waals surface area (Å²) in [7, 11) is 0. The van der Waals surface area contributed by atoms with E-state index in [2.05, 4.69) is 29.2 Å². The van der Waals surface area contributed by atoms with Crippen molar-refractivity contribution in [3.05, 3.63) is 53.6 Å². The highest BCUT2D eigenvalue weighted by Gasteiger charge is 2.31. The van der Waals surface area contributed by atoms with E-state index in [9.17, 15) is 18.3 Å². The number of benzene rings is 2. The van der Waals surface area contributed by atoms with Gasteiger partial charge in [0.15, 0.2) is 0 Å². The standard InChI is InChI=1S/C20H25F3N2O2/c1-13(2)9-10-24-19(26)15-7-8-18(14(3)11-15)25-16-5-4-6-17(12-16)27-20(21,22)23/h4-8,11-13,19,24-26H,9-10H2,1-3H3. The summed E-state index contributed by atoms with van der Waals surface area (Å²) < 4.78 is 41.0. The van der Waals surface area contributed by atoms with Crippen molar-refractivity contribution in [1.29, 1.82) is 0 Å². The summed E-state index contributed by atoms with van der Waals surface area (Å²) in [6.45, 7) is 6.81. The molecule has 7 heteroatoms. The molecule has 0 aliphatic rings. The molecule has 0 bridgehead atoms. The van der Waals surface area contributed by atoms with Gasteiger partial charge in [0.1, 0.15) is 12.0 Å². The first-order valence-corrected chi connectivity index (χ1v) is 8.79. The lowest BCUT2D eigenvalue weighted by atomic mass is 10.1. The zero-order chi connectivity index (χ0) is 20.0. The third-order valence-electron chi connectivity index (χ3n) is 3.97. The smallest absolute Gasteiger partial charge is 0.406 e. The Kier molecular flexibility index (Phi) is 7.10. The van der Waals surface area contributed by atoms with E-state index < -0.39 is 12.6 Å². The van der Waals surface area contributed by atoms with Crippen LogP contribution >= 0.6 is 0 Å². The Labute approximate surface area is 157 Å². The van der Waals surface area contributed by atoms with E-state index in [0.717, 1.165) is 23.2 Å². The van der Waals surface area contributed by atoms with Crippen molar-refractivity contribution < 1.29 is 23.0 Å². The van der Waals surface area contributed by atoms with Crippen LogP contribution in [0.4, 0.5) is 24.5 Å². The first-order valence-electron chi connectivity index (χ1n) is 8.79. The second kappa shape index (κ2) is 9.10. The number of anilines is 2. The number of aryl methyl sites for hydroxylation is 1. The number of hydrogen-bond acceptors (Lipinski definition) is 4. The largest absolute Gasteiger partial charge is 0.573 e.